The van der Waals surface area contributed by atoms with E-state index in [4.69, 9.17) is 4.74 Å². The number of amides is 2. The van der Waals surface area contributed by atoms with Crippen molar-refractivity contribution in [3.63, 3.8) is 0 Å². The first-order chi connectivity index (χ1) is 10.7. The Hall–Kier alpha value is -1.99. The Morgan fingerprint density at radius 2 is 2.27 bits per heavy atom. The zero-order valence-corrected chi connectivity index (χ0v) is 13.2. The van der Waals surface area contributed by atoms with Gasteiger partial charge in [0.1, 0.15) is 0 Å². The van der Waals surface area contributed by atoms with Gasteiger partial charge in [-0.2, -0.15) is 0 Å². The van der Waals surface area contributed by atoms with Crippen LogP contribution in [0.5, 0.6) is 0 Å². The third kappa shape index (κ3) is 3.61. The molecule has 1 aliphatic rings. The molecule has 0 saturated heterocycles. The average molecular weight is 318 g/mol. The van der Waals surface area contributed by atoms with Crippen molar-refractivity contribution in [1.82, 2.24) is 14.9 Å². The van der Waals surface area contributed by atoms with E-state index in [0.717, 1.165) is 22.2 Å². The molecule has 0 unspecified atom stereocenters. The van der Waals surface area contributed by atoms with Crippen LogP contribution in [-0.4, -0.2) is 27.9 Å². The summed E-state index contributed by atoms with van der Waals surface area (Å²) in [6, 6.07) is 5.66. The van der Waals surface area contributed by atoms with E-state index in [0.29, 0.717) is 19.8 Å². The minimum Gasteiger partial charge on any atom is -0.372 e. The number of carbonyl (C=O) groups is 1. The summed E-state index contributed by atoms with van der Waals surface area (Å²) < 4.78 is 7.32. The number of hydrogen-bond donors (Lipinski definition) is 2. The third-order valence-corrected chi connectivity index (χ3v) is 4.43. The Balaban J connectivity index is 1.42. The number of nitrogens with one attached hydrogen (secondary N) is 2. The van der Waals surface area contributed by atoms with Crippen LogP contribution >= 0.6 is 11.8 Å². The predicted molar refractivity (Wildman–Crippen MR) is 85.9 cm³/mol. The molecule has 1 aromatic carbocycles. The van der Waals surface area contributed by atoms with Crippen molar-refractivity contribution < 1.29 is 9.53 Å². The highest BCUT2D eigenvalue weighted by molar-refractivity contribution is 7.99. The molecule has 2 aromatic rings. The van der Waals surface area contributed by atoms with Crippen LogP contribution < -0.4 is 10.6 Å². The van der Waals surface area contributed by atoms with Crippen molar-refractivity contribution in [3.8, 4) is 0 Å². The molecule has 22 heavy (non-hydrogen) atoms. The van der Waals surface area contributed by atoms with Gasteiger partial charge < -0.3 is 19.9 Å². The summed E-state index contributed by atoms with van der Waals surface area (Å²) in [4.78, 5) is 16.1. The van der Waals surface area contributed by atoms with Gasteiger partial charge >= 0.3 is 6.03 Å². The van der Waals surface area contributed by atoms with Crippen molar-refractivity contribution in [2.24, 2.45) is 7.05 Å². The highest BCUT2D eigenvalue weighted by Crippen LogP contribution is 2.23. The van der Waals surface area contributed by atoms with Crippen molar-refractivity contribution in [3.05, 3.63) is 41.7 Å². The van der Waals surface area contributed by atoms with Gasteiger partial charge in [-0.15, -0.1) is 0 Å². The van der Waals surface area contributed by atoms with Crippen molar-refractivity contribution in [2.45, 2.75) is 18.4 Å². The van der Waals surface area contributed by atoms with Crippen LogP contribution in [0, 0.1) is 0 Å². The van der Waals surface area contributed by atoms with E-state index in [2.05, 4.69) is 15.6 Å². The Kier molecular flexibility index (Phi) is 4.65. The first-order valence-electron chi connectivity index (χ1n) is 7.07. The summed E-state index contributed by atoms with van der Waals surface area (Å²) in [6.07, 6.45) is 3.67. The maximum absolute atomic E-state index is 11.9. The van der Waals surface area contributed by atoms with Crippen LogP contribution in [0.2, 0.25) is 0 Å². The molecule has 0 spiro atoms. The van der Waals surface area contributed by atoms with Crippen LogP contribution in [0.15, 0.2) is 35.7 Å². The van der Waals surface area contributed by atoms with Gasteiger partial charge in [0.25, 0.3) is 0 Å². The summed E-state index contributed by atoms with van der Waals surface area (Å²) in [5, 5.41) is 6.63. The molecule has 0 radical (unpaired) electrons. The summed E-state index contributed by atoms with van der Waals surface area (Å²) in [5.41, 5.74) is 3.12. The Labute approximate surface area is 133 Å². The van der Waals surface area contributed by atoms with Crippen LogP contribution in [-0.2, 0) is 25.0 Å². The second-order valence-electron chi connectivity index (χ2n) is 5.03. The summed E-state index contributed by atoms with van der Waals surface area (Å²) in [6.45, 7) is 1.86. The second-order valence-corrected chi connectivity index (χ2v) is 6.09. The monoisotopic (exact) mass is 318 g/mol. The molecule has 0 saturated carbocycles. The van der Waals surface area contributed by atoms with Crippen LogP contribution in [0.25, 0.3) is 0 Å². The van der Waals surface area contributed by atoms with E-state index in [9.17, 15) is 4.79 Å². The molecular weight excluding hydrogens is 300 g/mol. The second kappa shape index (κ2) is 6.85. The van der Waals surface area contributed by atoms with E-state index < -0.39 is 0 Å². The number of ether oxygens (including phenoxy) is 1. The Bertz CT molecular complexity index is 671. The number of aromatic nitrogens is 2. The fourth-order valence-electron chi connectivity index (χ4n) is 2.22. The molecule has 0 aliphatic carbocycles. The summed E-state index contributed by atoms with van der Waals surface area (Å²) in [7, 11) is 1.95. The molecule has 6 nitrogen and oxygen atoms in total. The maximum Gasteiger partial charge on any atom is 0.319 e. The first kappa shape index (κ1) is 14.9. The van der Waals surface area contributed by atoms with Crippen molar-refractivity contribution >= 4 is 23.5 Å². The summed E-state index contributed by atoms with van der Waals surface area (Å²) >= 11 is 1.61. The van der Waals surface area contributed by atoms with Gasteiger partial charge in [-0.25, -0.2) is 9.78 Å². The molecule has 2 N–H and O–H groups in total. The molecule has 0 fully saturated rings. The minimum absolute atomic E-state index is 0.195. The Morgan fingerprint density at radius 1 is 1.41 bits per heavy atom. The zero-order valence-electron chi connectivity index (χ0n) is 12.3. The van der Waals surface area contributed by atoms with E-state index in [1.54, 1.807) is 18.0 Å². The molecule has 7 heteroatoms. The fraction of sp³-hybridized carbons (Fsp3) is 0.333. The van der Waals surface area contributed by atoms with E-state index >= 15 is 0 Å². The number of carbonyl (C=O) groups excluding carboxylic acids is 1. The standard InChI is InChI=1S/C15H18N4O2S/c1-19-6-4-17-15(19)22-7-5-16-14(20)18-13-3-2-11-9-21-10-12(11)8-13/h2-4,6,8H,5,7,9-10H2,1H3,(H2,16,18,20). The minimum atomic E-state index is -0.195. The smallest absolute Gasteiger partial charge is 0.319 e. The number of hydrogen-bond acceptors (Lipinski definition) is 4. The van der Waals surface area contributed by atoms with Gasteiger partial charge in [-0.05, 0) is 23.3 Å². The lowest BCUT2D eigenvalue weighted by Crippen LogP contribution is -2.30. The molecule has 1 aliphatic heterocycles. The van der Waals surface area contributed by atoms with Crippen LogP contribution in [0.3, 0.4) is 0 Å². The summed E-state index contributed by atoms with van der Waals surface area (Å²) in [5.74, 6) is 0.774. The molecule has 0 atom stereocenters. The van der Waals surface area contributed by atoms with Crippen molar-refractivity contribution in [2.75, 3.05) is 17.6 Å². The van der Waals surface area contributed by atoms with Crippen LogP contribution in [0.1, 0.15) is 11.1 Å². The zero-order chi connectivity index (χ0) is 15.4. The molecule has 2 heterocycles. The lowest BCUT2D eigenvalue weighted by Gasteiger charge is -2.08. The van der Waals surface area contributed by atoms with Gasteiger partial charge in [0.2, 0.25) is 0 Å². The predicted octanol–water partition coefficient (Wildman–Crippen LogP) is 2.36. The van der Waals surface area contributed by atoms with Crippen LogP contribution in [0.4, 0.5) is 10.5 Å². The SMILES string of the molecule is Cn1ccnc1SCCNC(=O)Nc1ccc2c(c1)COC2. The molecule has 3 rings (SSSR count). The number of anilines is 1. The number of imidazole rings is 1. The number of nitrogens with zero attached hydrogens (tertiary/aromatic N) is 2. The van der Waals surface area contributed by atoms with E-state index in [-0.39, 0.29) is 6.03 Å². The Morgan fingerprint density at radius 3 is 3.09 bits per heavy atom. The average Bonchev–Trinajstić information content (AvgIpc) is 3.12. The molecule has 116 valence electrons. The van der Waals surface area contributed by atoms with E-state index in [1.165, 1.54) is 5.56 Å². The van der Waals surface area contributed by atoms with Gasteiger partial charge in [0.15, 0.2) is 5.16 Å². The highest BCUT2D eigenvalue weighted by atomic mass is 32.2. The van der Waals surface area contributed by atoms with Gasteiger partial charge in [-0.3, -0.25) is 0 Å². The number of urea groups is 1. The molecule has 0 bridgehead atoms. The lowest BCUT2D eigenvalue weighted by atomic mass is 10.1. The topological polar surface area (TPSA) is 68.2 Å². The number of aryl methyl sites for hydroxylation is 1. The van der Waals surface area contributed by atoms with Gasteiger partial charge in [-0.1, -0.05) is 17.8 Å². The fourth-order valence-corrected chi connectivity index (χ4v) is 3.01. The molecule has 1 aromatic heterocycles. The maximum atomic E-state index is 11.9. The highest BCUT2D eigenvalue weighted by Gasteiger charge is 2.12. The molecule has 2 amide bonds. The number of rotatable bonds is 5. The first-order valence-corrected chi connectivity index (χ1v) is 8.05. The van der Waals surface area contributed by atoms with Crippen molar-refractivity contribution in [1.29, 1.82) is 0 Å². The third-order valence-electron chi connectivity index (χ3n) is 3.38. The van der Waals surface area contributed by atoms with Gasteiger partial charge in [0.05, 0.1) is 13.2 Å². The normalized spacial score (nSPS) is 13.0. The number of benzene rings is 1. The lowest BCUT2D eigenvalue weighted by molar-refractivity contribution is 0.134. The molecular formula is C15H18N4O2S. The quantitative estimate of drug-likeness (QED) is 0.656. The van der Waals surface area contributed by atoms with Gasteiger partial charge in [0, 0.05) is 37.4 Å². The number of thioether (sulfide) groups is 1. The largest absolute Gasteiger partial charge is 0.372 e. The van der Waals surface area contributed by atoms with E-state index in [1.807, 2.05) is 36.0 Å². The number of fused-ring (bicyclic) bond motifs is 1.